The summed E-state index contributed by atoms with van der Waals surface area (Å²) in [4.78, 5) is 11.5. The van der Waals surface area contributed by atoms with Crippen LogP contribution in [0.2, 0.25) is 0 Å². The minimum absolute atomic E-state index is 0.0253. The smallest absolute Gasteiger partial charge is 0.336 e. The SMILES string of the molecule is Cc1c(C(=O)O)cc(OCc2ccccc2)c(OCc2ccccc2)c1O. The fourth-order valence-electron chi connectivity index (χ4n) is 2.65. The van der Waals surface area contributed by atoms with Crippen LogP contribution in [-0.2, 0) is 13.2 Å². The first kappa shape index (κ1) is 18.3. The van der Waals surface area contributed by atoms with Crippen LogP contribution in [0.3, 0.4) is 0 Å². The van der Waals surface area contributed by atoms with Crippen LogP contribution in [-0.4, -0.2) is 16.2 Å². The van der Waals surface area contributed by atoms with Crippen LogP contribution in [0.15, 0.2) is 66.7 Å². The Kier molecular flexibility index (Phi) is 5.61. The molecule has 0 heterocycles. The molecule has 5 nitrogen and oxygen atoms in total. The van der Waals surface area contributed by atoms with Crippen molar-refractivity contribution in [1.29, 1.82) is 0 Å². The van der Waals surface area contributed by atoms with Crippen molar-refractivity contribution in [3.63, 3.8) is 0 Å². The molecule has 0 unspecified atom stereocenters. The average molecular weight is 364 g/mol. The summed E-state index contributed by atoms with van der Waals surface area (Å²) in [6, 6.07) is 20.4. The number of carbonyl (C=O) groups is 1. The van der Waals surface area contributed by atoms with Crippen molar-refractivity contribution in [2.24, 2.45) is 0 Å². The van der Waals surface area contributed by atoms with Gasteiger partial charge in [-0.15, -0.1) is 0 Å². The van der Waals surface area contributed by atoms with E-state index in [9.17, 15) is 15.0 Å². The second kappa shape index (κ2) is 8.27. The van der Waals surface area contributed by atoms with Crippen LogP contribution in [0.4, 0.5) is 0 Å². The Morgan fingerprint density at radius 2 is 1.41 bits per heavy atom. The Hall–Kier alpha value is -3.47. The Morgan fingerprint density at radius 1 is 0.889 bits per heavy atom. The van der Waals surface area contributed by atoms with E-state index in [1.165, 1.54) is 13.0 Å². The number of aromatic hydroxyl groups is 1. The van der Waals surface area contributed by atoms with E-state index in [-0.39, 0.29) is 41.6 Å². The van der Waals surface area contributed by atoms with Gasteiger partial charge in [0.25, 0.3) is 0 Å². The third-order valence-corrected chi connectivity index (χ3v) is 4.17. The lowest BCUT2D eigenvalue weighted by Gasteiger charge is -2.17. The summed E-state index contributed by atoms with van der Waals surface area (Å²) in [7, 11) is 0. The molecule has 0 radical (unpaired) electrons. The molecule has 3 aromatic carbocycles. The van der Waals surface area contributed by atoms with Crippen molar-refractivity contribution < 1.29 is 24.5 Å². The van der Waals surface area contributed by atoms with Crippen LogP contribution in [0.25, 0.3) is 0 Å². The molecule has 5 heteroatoms. The summed E-state index contributed by atoms with van der Waals surface area (Å²) in [6.07, 6.45) is 0. The topological polar surface area (TPSA) is 76.0 Å². The van der Waals surface area contributed by atoms with Gasteiger partial charge in [0.15, 0.2) is 11.5 Å². The highest BCUT2D eigenvalue weighted by Gasteiger charge is 2.21. The molecule has 0 amide bonds. The zero-order valence-electron chi connectivity index (χ0n) is 14.9. The van der Waals surface area contributed by atoms with Crippen molar-refractivity contribution >= 4 is 5.97 Å². The summed E-state index contributed by atoms with van der Waals surface area (Å²) < 4.78 is 11.6. The Morgan fingerprint density at radius 3 is 1.93 bits per heavy atom. The van der Waals surface area contributed by atoms with Crippen molar-refractivity contribution in [1.82, 2.24) is 0 Å². The lowest BCUT2D eigenvalue weighted by Crippen LogP contribution is -2.06. The third kappa shape index (κ3) is 4.39. The Balaban J connectivity index is 1.91. The van der Waals surface area contributed by atoms with Crippen LogP contribution >= 0.6 is 0 Å². The number of hydrogen-bond acceptors (Lipinski definition) is 4. The molecule has 138 valence electrons. The first-order valence-electron chi connectivity index (χ1n) is 8.49. The van der Waals surface area contributed by atoms with Crippen LogP contribution in [0.1, 0.15) is 27.0 Å². The highest BCUT2D eigenvalue weighted by atomic mass is 16.5. The van der Waals surface area contributed by atoms with E-state index in [0.717, 1.165) is 11.1 Å². The largest absolute Gasteiger partial charge is 0.504 e. The number of carboxylic acid groups (broad SMARTS) is 1. The predicted molar refractivity (Wildman–Crippen MR) is 101 cm³/mol. The maximum absolute atomic E-state index is 11.5. The molecule has 27 heavy (non-hydrogen) atoms. The minimum Gasteiger partial charge on any atom is -0.504 e. The van der Waals surface area contributed by atoms with E-state index < -0.39 is 5.97 Å². The number of ether oxygens (including phenoxy) is 2. The molecule has 2 N–H and O–H groups in total. The van der Waals surface area contributed by atoms with Gasteiger partial charge < -0.3 is 19.7 Å². The molecular weight excluding hydrogens is 344 g/mol. The van der Waals surface area contributed by atoms with Gasteiger partial charge in [-0.2, -0.15) is 0 Å². The molecule has 0 spiro atoms. The number of hydrogen-bond donors (Lipinski definition) is 2. The lowest BCUT2D eigenvalue weighted by atomic mass is 10.1. The number of rotatable bonds is 7. The molecule has 0 fully saturated rings. The third-order valence-electron chi connectivity index (χ3n) is 4.17. The molecule has 0 aliphatic heterocycles. The molecule has 3 aromatic rings. The Bertz CT molecular complexity index is 920. The highest BCUT2D eigenvalue weighted by Crippen LogP contribution is 2.42. The number of aromatic carboxylic acids is 1. The van der Waals surface area contributed by atoms with Gasteiger partial charge in [-0.25, -0.2) is 4.79 Å². The lowest BCUT2D eigenvalue weighted by molar-refractivity contribution is 0.0694. The molecule has 0 aliphatic carbocycles. The second-order valence-electron chi connectivity index (χ2n) is 6.08. The first-order valence-corrected chi connectivity index (χ1v) is 8.49. The van der Waals surface area contributed by atoms with Crippen molar-refractivity contribution in [3.8, 4) is 17.2 Å². The number of benzene rings is 3. The van der Waals surface area contributed by atoms with Crippen LogP contribution in [0, 0.1) is 6.92 Å². The minimum atomic E-state index is -1.14. The normalized spacial score (nSPS) is 10.4. The summed E-state index contributed by atoms with van der Waals surface area (Å²) in [5.41, 5.74) is 2.05. The average Bonchev–Trinajstić information content (AvgIpc) is 2.69. The van der Waals surface area contributed by atoms with E-state index in [1.807, 2.05) is 60.7 Å². The van der Waals surface area contributed by atoms with Gasteiger partial charge in [0.2, 0.25) is 5.75 Å². The predicted octanol–water partition coefficient (Wildman–Crippen LogP) is 4.56. The maximum Gasteiger partial charge on any atom is 0.336 e. The fraction of sp³-hybridized carbons (Fsp3) is 0.136. The maximum atomic E-state index is 11.5. The van der Waals surface area contributed by atoms with E-state index >= 15 is 0 Å². The van der Waals surface area contributed by atoms with Crippen molar-refractivity contribution in [2.45, 2.75) is 20.1 Å². The quantitative estimate of drug-likeness (QED) is 0.643. The van der Waals surface area contributed by atoms with Gasteiger partial charge in [0, 0.05) is 5.56 Å². The second-order valence-corrected chi connectivity index (χ2v) is 6.08. The van der Waals surface area contributed by atoms with Crippen LogP contribution < -0.4 is 9.47 Å². The van der Waals surface area contributed by atoms with Crippen molar-refractivity contribution in [3.05, 3.63) is 89.0 Å². The molecule has 3 rings (SSSR count). The van der Waals surface area contributed by atoms with Gasteiger partial charge in [0.1, 0.15) is 13.2 Å². The van der Waals surface area contributed by atoms with Gasteiger partial charge in [-0.3, -0.25) is 0 Å². The molecule has 0 aliphatic rings. The van der Waals surface area contributed by atoms with Crippen LogP contribution in [0.5, 0.6) is 17.2 Å². The Labute approximate surface area is 157 Å². The van der Waals surface area contributed by atoms with Crippen molar-refractivity contribution in [2.75, 3.05) is 0 Å². The molecule has 0 saturated carbocycles. The summed E-state index contributed by atoms with van der Waals surface area (Å²) in [6.45, 7) is 1.99. The first-order chi connectivity index (χ1) is 13.1. The van der Waals surface area contributed by atoms with E-state index in [2.05, 4.69) is 0 Å². The van der Waals surface area contributed by atoms with Gasteiger partial charge in [0.05, 0.1) is 5.56 Å². The number of phenols is 1. The monoisotopic (exact) mass is 364 g/mol. The summed E-state index contributed by atoms with van der Waals surface area (Å²) in [5, 5.41) is 19.9. The standard InChI is InChI=1S/C22H20O5/c1-15-18(22(24)25)12-19(26-13-16-8-4-2-5-9-16)21(20(15)23)27-14-17-10-6-3-7-11-17/h2-12,23H,13-14H2,1H3,(H,24,25). The number of carboxylic acids is 1. The van der Waals surface area contributed by atoms with E-state index in [1.54, 1.807) is 0 Å². The summed E-state index contributed by atoms with van der Waals surface area (Å²) >= 11 is 0. The van der Waals surface area contributed by atoms with Gasteiger partial charge >= 0.3 is 5.97 Å². The molecular formula is C22H20O5. The summed E-state index contributed by atoms with van der Waals surface area (Å²) in [5.74, 6) is -1.04. The zero-order valence-corrected chi connectivity index (χ0v) is 14.9. The van der Waals surface area contributed by atoms with E-state index in [0.29, 0.717) is 0 Å². The van der Waals surface area contributed by atoms with Gasteiger partial charge in [-0.1, -0.05) is 60.7 Å². The van der Waals surface area contributed by atoms with E-state index in [4.69, 9.17) is 9.47 Å². The molecule has 0 aromatic heterocycles. The number of phenolic OH excluding ortho intramolecular Hbond substituents is 1. The fourth-order valence-corrected chi connectivity index (χ4v) is 2.65. The molecule has 0 bridgehead atoms. The highest BCUT2D eigenvalue weighted by molar-refractivity contribution is 5.91. The van der Waals surface area contributed by atoms with Gasteiger partial charge in [-0.05, 0) is 24.1 Å². The zero-order chi connectivity index (χ0) is 19.2. The molecule has 0 atom stereocenters. The molecule has 0 saturated heterocycles.